The van der Waals surface area contributed by atoms with Crippen LogP contribution in [0.4, 0.5) is 4.39 Å². The van der Waals surface area contributed by atoms with Crippen molar-refractivity contribution in [2.45, 2.75) is 43.9 Å². The molecule has 1 N–H and O–H groups in total. The van der Waals surface area contributed by atoms with Crippen molar-refractivity contribution in [2.24, 2.45) is 0 Å². The number of hydrogen-bond acceptors (Lipinski definition) is 3. The van der Waals surface area contributed by atoms with Crippen LogP contribution in [0.3, 0.4) is 0 Å². The minimum atomic E-state index is -1.03. The summed E-state index contributed by atoms with van der Waals surface area (Å²) in [4.78, 5) is 6.97. The molecule has 1 fully saturated rings. The van der Waals surface area contributed by atoms with Crippen LogP contribution in [-0.2, 0) is 6.42 Å². The summed E-state index contributed by atoms with van der Waals surface area (Å²) in [5.41, 5.74) is 3.51. The van der Waals surface area contributed by atoms with E-state index in [1.807, 2.05) is 24.5 Å². The molecule has 26 heavy (non-hydrogen) atoms. The van der Waals surface area contributed by atoms with E-state index in [1.165, 1.54) is 11.1 Å². The Kier molecular flexibility index (Phi) is 3.69. The van der Waals surface area contributed by atoms with Gasteiger partial charge in [0.15, 0.2) is 0 Å². The van der Waals surface area contributed by atoms with Crippen molar-refractivity contribution >= 4 is 26.8 Å². The van der Waals surface area contributed by atoms with Crippen molar-refractivity contribution in [3.63, 3.8) is 0 Å². The number of alkyl halides is 1. The van der Waals surface area contributed by atoms with Gasteiger partial charge in [-0.05, 0) is 71.4 Å². The zero-order valence-electron chi connectivity index (χ0n) is 14.5. The van der Waals surface area contributed by atoms with Gasteiger partial charge >= 0.3 is 0 Å². The second kappa shape index (κ2) is 5.86. The van der Waals surface area contributed by atoms with Gasteiger partial charge in [-0.3, -0.25) is 15.0 Å². The Morgan fingerprint density at radius 3 is 2.85 bits per heavy atom. The summed E-state index contributed by atoms with van der Waals surface area (Å²) >= 11 is 3.47. The highest BCUT2D eigenvalue weighted by molar-refractivity contribution is 9.10. The Morgan fingerprint density at radius 2 is 2.12 bits per heavy atom. The lowest BCUT2D eigenvalue weighted by Gasteiger charge is -2.42. The van der Waals surface area contributed by atoms with Gasteiger partial charge in [0.1, 0.15) is 5.67 Å². The molecule has 3 aromatic rings. The quantitative estimate of drug-likeness (QED) is 0.682. The SMILES string of the molecule is C[C@@H]1Cc2c(ccc3[nH]ncc23)C(c2ccc(Br)cn2)N1CC1(F)CC1. The van der Waals surface area contributed by atoms with E-state index < -0.39 is 5.67 Å². The van der Waals surface area contributed by atoms with Crippen molar-refractivity contribution in [3.8, 4) is 0 Å². The smallest absolute Gasteiger partial charge is 0.124 e. The highest BCUT2D eigenvalue weighted by Gasteiger charge is 2.48. The molecule has 0 radical (unpaired) electrons. The zero-order valence-corrected chi connectivity index (χ0v) is 16.1. The highest BCUT2D eigenvalue weighted by atomic mass is 79.9. The number of halogens is 2. The molecule has 1 aliphatic carbocycles. The van der Waals surface area contributed by atoms with Crippen molar-refractivity contribution in [3.05, 3.63) is 58.0 Å². The van der Waals surface area contributed by atoms with E-state index in [4.69, 9.17) is 0 Å². The fraction of sp³-hybridized carbons (Fsp3) is 0.400. The van der Waals surface area contributed by atoms with E-state index in [1.54, 1.807) is 0 Å². The Morgan fingerprint density at radius 1 is 1.27 bits per heavy atom. The third kappa shape index (κ3) is 2.67. The topological polar surface area (TPSA) is 44.8 Å². The lowest BCUT2D eigenvalue weighted by molar-refractivity contribution is 0.0968. The van der Waals surface area contributed by atoms with E-state index in [9.17, 15) is 4.39 Å². The van der Waals surface area contributed by atoms with Crippen LogP contribution in [-0.4, -0.2) is 38.3 Å². The summed E-state index contributed by atoms with van der Waals surface area (Å²) in [5.74, 6) is 0. The molecule has 2 aliphatic rings. The predicted molar refractivity (Wildman–Crippen MR) is 103 cm³/mol. The number of pyridine rings is 1. The van der Waals surface area contributed by atoms with Crippen LogP contribution < -0.4 is 0 Å². The van der Waals surface area contributed by atoms with Gasteiger partial charge in [0, 0.05) is 28.6 Å². The molecule has 3 heterocycles. The standard InChI is InChI=1S/C20H20BrFN4/c1-12-8-15-14(3-5-17-16(15)10-24-25-17)19(18-4-2-13(21)9-23-18)26(12)11-20(22)6-7-20/h2-5,9-10,12,19H,6-8,11H2,1H3,(H,24,25)/t12-,19?/m1/s1. The van der Waals surface area contributed by atoms with Crippen molar-refractivity contribution in [1.82, 2.24) is 20.1 Å². The van der Waals surface area contributed by atoms with E-state index in [0.29, 0.717) is 19.4 Å². The van der Waals surface area contributed by atoms with Gasteiger partial charge in [0.2, 0.25) is 0 Å². The van der Waals surface area contributed by atoms with Crippen LogP contribution in [0, 0.1) is 0 Å². The van der Waals surface area contributed by atoms with Gasteiger partial charge in [-0.15, -0.1) is 0 Å². The third-order valence-corrected chi connectivity index (χ3v) is 6.22. The number of aromatic nitrogens is 3. The normalized spacial score (nSPS) is 24.6. The number of aromatic amines is 1. The average Bonchev–Trinajstić information content (AvgIpc) is 3.16. The minimum absolute atomic E-state index is 0.0330. The Balaban J connectivity index is 1.67. The molecule has 4 nitrogen and oxygen atoms in total. The molecular weight excluding hydrogens is 395 g/mol. The molecule has 1 unspecified atom stereocenters. The first-order valence-electron chi connectivity index (χ1n) is 9.05. The highest BCUT2D eigenvalue weighted by Crippen LogP contribution is 2.46. The van der Waals surface area contributed by atoms with Gasteiger partial charge in [-0.2, -0.15) is 5.10 Å². The number of H-pyrrole nitrogens is 1. The fourth-order valence-electron chi connectivity index (χ4n) is 4.17. The van der Waals surface area contributed by atoms with Crippen molar-refractivity contribution in [2.75, 3.05) is 6.54 Å². The second-order valence-electron chi connectivity index (χ2n) is 7.64. The van der Waals surface area contributed by atoms with Gasteiger partial charge in [-0.1, -0.05) is 6.07 Å². The minimum Gasteiger partial charge on any atom is -0.285 e. The summed E-state index contributed by atoms with van der Waals surface area (Å²) in [6, 6.07) is 8.49. The number of nitrogens with zero attached hydrogens (tertiary/aromatic N) is 3. The van der Waals surface area contributed by atoms with Crippen LogP contribution in [0.25, 0.3) is 10.9 Å². The molecule has 1 aromatic carbocycles. The first kappa shape index (κ1) is 16.4. The number of rotatable bonds is 3. The molecule has 1 aliphatic heterocycles. The van der Waals surface area contributed by atoms with Crippen LogP contribution in [0.5, 0.6) is 0 Å². The van der Waals surface area contributed by atoms with Crippen molar-refractivity contribution < 1.29 is 4.39 Å². The molecule has 0 bridgehead atoms. The van der Waals surface area contributed by atoms with E-state index in [0.717, 1.165) is 27.5 Å². The molecule has 0 amide bonds. The Bertz CT molecular complexity index is 964. The van der Waals surface area contributed by atoms with Crippen molar-refractivity contribution in [1.29, 1.82) is 0 Å². The molecule has 2 aromatic heterocycles. The summed E-state index contributed by atoms with van der Waals surface area (Å²) in [6.45, 7) is 2.67. The Labute approximate surface area is 159 Å². The van der Waals surface area contributed by atoms with Gasteiger partial charge in [0.05, 0.1) is 23.4 Å². The van der Waals surface area contributed by atoms with E-state index in [2.05, 4.69) is 55.1 Å². The number of benzene rings is 1. The van der Waals surface area contributed by atoms with E-state index >= 15 is 0 Å². The summed E-state index contributed by atoms with van der Waals surface area (Å²) < 4.78 is 15.7. The molecule has 0 spiro atoms. The zero-order chi connectivity index (χ0) is 17.9. The first-order valence-corrected chi connectivity index (χ1v) is 9.84. The van der Waals surface area contributed by atoms with Crippen LogP contribution in [0.2, 0.25) is 0 Å². The monoisotopic (exact) mass is 414 g/mol. The van der Waals surface area contributed by atoms with Crippen LogP contribution in [0.1, 0.15) is 42.6 Å². The number of hydrogen-bond donors (Lipinski definition) is 1. The summed E-state index contributed by atoms with van der Waals surface area (Å²) in [5, 5.41) is 8.44. The van der Waals surface area contributed by atoms with Crippen LogP contribution >= 0.6 is 15.9 Å². The average molecular weight is 415 g/mol. The summed E-state index contributed by atoms with van der Waals surface area (Å²) in [6.07, 6.45) is 5.97. The van der Waals surface area contributed by atoms with E-state index in [-0.39, 0.29) is 12.1 Å². The van der Waals surface area contributed by atoms with Crippen LogP contribution in [0.15, 0.2) is 41.1 Å². The molecule has 6 heteroatoms. The molecule has 5 rings (SSSR count). The van der Waals surface area contributed by atoms with Gasteiger partial charge in [-0.25, -0.2) is 4.39 Å². The summed E-state index contributed by atoms with van der Waals surface area (Å²) in [7, 11) is 0. The Hall–Kier alpha value is -1.79. The molecular formula is C20H20BrFN4. The second-order valence-corrected chi connectivity index (χ2v) is 8.56. The maximum Gasteiger partial charge on any atom is 0.124 e. The number of nitrogens with one attached hydrogen (secondary N) is 1. The lowest BCUT2D eigenvalue weighted by atomic mass is 9.85. The molecule has 134 valence electrons. The lowest BCUT2D eigenvalue weighted by Crippen LogP contribution is -2.46. The first-order chi connectivity index (χ1) is 12.5. The molecule has 1 saturated carbocycles. The third-order valence-electron chi connectivity index (χ3n) is 5.75. The molecule has 0 saturated heterocycles. The molecule has 2 atom stereocenters. The predicted octanol–water partition coefficient (Wildman–Crippen LogP) is 4.56. The van der Waals surface area contributed by atoms with Gasteiger partial charge in [0.25, 0.3) is 0 Å². The fourth-order valence-corrected chi connectivity index (χ4v) is 4.40. The maximum atomic E-state index is 14.7. The largest absolute Gasteiger partial charge is 0.285 e. The maximum absolute atomic E-state index is 14.7. The van der Waals surface area contributed by atoms with Gasteiger partial charge < -0.3 is 0 Å². The number of fused-ring (bicyclic) bond motifs is 3.